The number of hydrogen-bond donors (Lipinski definition) is 3. The molecule has 0 spiro atoms. The molecule has 3 N–H and O–H groups in total. The van der Waals surface area contributed by atoms with E-state index < -0.39 is 0 Å². The van der Waals surface area contributed by atoms with E-state index in [2.05, 4.69) is 49.4 Å². The van der Waals surface area contributed by atoms with Gasteiger partial charge in [0, 0.05) is 38.4 Å². The van der Waals surface area contributed by atoms with Gasteiger partial charge in [0.2, 0.25) is 5.91 Å². The fourth-order valence-electron chi connectivity index (χ4n) is 3.46. The lowest BCUT2D eigenvalue weighted by molar-refractivity contribution is -0.117. The third-order valence-electron chi connectivity index (χ3n) is 4.88. The lowest BCUT2D eigenvalue weighted by Gasteiger charge is -2.34. The molecule has 1 amide bonds. The molecule has 0 atom stereocenters. The number of nitrogens with zero attached hydrogens (tertiary/aromatic N) is 2. The Bertz CT molecular complexity index is 971. The van der Waals surface area contributed by atoms with Gasteiger partial charge in [-0.3, -0.25) is 14.6 Å². The average Bonchev–Trinajstić information content (AvgIpc) is 3.03. The predicted octanol–water partition coefficient (Wildman–Crippen LogP) is 1.61. The molecule has 1 saturated heterocycles. The molecule has 3 aromatic rings. The van der Waals surface area contributed by atoms with Gasteiger partial charge in [-0.15, -0.1) is 0 Å². The number of piperazine rings is 1. The molecule has 1 aromatic heterocycles. The Hall–Kier alpha value is -2.90. The number of rotatable bonds is 5. The molecule has 1 fully saturated rings. The third kappa shape index (κ3) is 4.45. The highest BCUT2D eigenvalue weighted by Gasteiger charge is 2.19. The molecule has 1 aliphatic rings. The van der Waals surface area contributed by atoms with Crippen LogP contribution in [0.1, 0.15) is 5.56 Å². The number of aromatic amines is 2. The van der Waals surface area contributed by atoms with Crippen molar-refractivity contribution in [2.24, 2.45) is 0 Å². The maximum atomic E-state index is 12.3. The fraction of sp³-hybridized carbons (Fsp3) is 0.300. The molecule has 0 bridgehead atoms. The summed E-state index contributed by atoms with van der Waals surface area (Å²) >= 11 is 0. The van der Waals surface area contributed by atoms with Crippen LogP contribution in [0.15, 0.2) is 53.3 Å². The zero-order valence-electron chi connectivity index (χ0n) is 15.1. The van der Waals surface area contributed by atoms with Crippen LogP contribution in [0, 0.1) is 0 Å². The highest BCUT2D eigenvalue weighted by molar-refractivity contribution is 5.94. The van der Waals surface area contributed by atoms with E-state index in [1.165, 1.54) is 5.56 Å². The van der Waals surface area contributed by atoms with Crippen LogP contribution >= 0.6 is 0 Å². The molecule has 140 valence electrons. The van der Waals surface area contributed by atoms with Gasteiger partial charge in [-0.2, -0.15) is 0 Å². The summed E-state index contributed by atoms with van der Waals surface area (Å²) in [5.74, 6) is -0.0382. The Morgan fingerprint density at radius 1 is 0.926 bits per heavy atom. The summed E-state index contributed by atoms with van der Waals surface area (Å²) < 4.78 is 0. The quantitative estimate of drug-likeness (QED) is 0.641. The van der Waals surface area contributed by atoms with Gasteiger partial charge in [-0.1, -0.05) is 30.3 Å². The normalized spacial score (nSPS) is 15.9. The smallest absolute Gasteiger partial charge is 0.323 e. The molecular weight excluding hydrogens is 342 g/mol. The van der Waals surface area contributed by atoms with Gasteiger partial charge >= 0.3 is 5.69 Å². The van der Waals surface area contributed by atoms with Gasteiger partial charge in [0.15, 0.2) is 0 Å². The van der Waals surface area contributed by atoms with Crippen LogP contribution in [0.4, 0.5) is 5.69 Å². The van der Waals surface area contributed by atoms with Gasteiger partial charge in [-0.25, -0.2) is 4.79 Å². The van der Waals surface area contributed by atoms with Crippen molar-refractivity contribution in [2.75, 3.05) is 38.0 Å². The number of carbonyl (C=O) groups excluding carboxylic acids is 1. The van der Waals surface area contributed by atoms with Crippen molar-refractivity contribution < 1.29 is 4.79 Å². The summed E-state index contributed by atoms with van der Waals surface area (Å²) in [6.45, 7) is 5.00. The van der Waals surface area contributed by atoms with Gasteiger partial charge in [0.1, 0.15) is 0 Å². The molecule has 0 radical (unpaired) electrons. The topological polar surface area (TPSA) is 84.2 Å². The molecular formula is C20H23N5O2. The van der Waals surface area contributed by atoms with E-state index in [0.717, 1.165) is 38.2 Å². The maximum absolute atomic E-state index is 12.3. The second-order valence-corrected chi connectivity index (χ2v) is 6.93. The Morgan fingerprint density at radius 2 is 1.63 bits per heavy atom. The van der Waals surface area contributed by atoms with Crippen molar-refractivity contribution in [3.05, 3.63) is 64.6 Å². The van der Waals surface area contributed by atoms with E-state index in [4.69, 9.17) is 0 Å². The van der Waals surface area contributed by atoms with Gasteiger partial charge in [-0.05, 0) is 23.8 Å². The second kappa shape index (κ2) is 7.77. The first-order chi connectivity index (χ1) is 13.2. The van der Waals surface area contributed by atoms with Crippen LogP contribution in [0.5, 0.6) is 0 Å². The number of amides is 1. The number of fused-ring (bicyclic) bond motifs is 1. The minimum atomic E-state index is -0.248. The number of H-pyrrole nitrogens is 2. The summed E-state index contributed by atoms with van der Waals surface area (Å²) in [5.41, 5.74) is 3.18. The maximum Gasteiger partial charge on any atom is 0.323 e. The number of anilines is 1. The van der Waals surface area contributed by atoms with Crippen molar-refractivity contribution in [3.8, 4) is 0 Å². The van der Waals surface area contributed by atoms with Gasteiger partial charge in [0.25, 0.3) is 0 Å². The van der Waals surface area contributed by atoms with Crippen molar-refractivity contribution in [3.63, 3.8) is 0 Å². The zero-order chi connectivity index (χ0) is 18.6. The molecule has 27 heavy (non-hydrogen) atoms. The van der Waals surface area contributed by atoms with Crippen molar-refractivity contribution in [1.82, 2.24) is 19.8 Å². The highest BCUT2D eigenvalue weighted by atomic mass is 16.2. The molecule has 2 aromatic carbocycles. The van der Waals surface area contributed by atoms with E-state index in [1.807, 2.05) is 6.07 Å². The van der Waals surface area contributed by atoms with Crippen LogP contribution in [0.25, 0.3) is 11.0 Å². The summed E-state index contributed by atoms with van der Waals surface area (Å²) in [5, 5.41) is 2.91. The number of nitrogens with one attached hydrogen (secondary N) is 3. The van der Waals surface area contributed by atoms with Crippen LogP contribution < -0.4 is 11.0 Å². The van der Waals surface area contributed by atoms with Gasteiger partial charge < -0.3 is 15.3 Å². The highest BCUT2D eigenvalue weighted by Crippen LogP contribution is 2.15. The van der Waals surface area contributed by atoms with Crippen LogP contribution in [0.3, 0.4) is 0 Å². The Labute approximate surface area is 157 Å². The van der Waals surface area contributed by atoms with E-state index in [0.29, 0.717) is 17.7 Å². The molecule has 0 unspecified atom stereocenters. The lowest BCUT2D eigenvalue weighted by Crippen LogP contribution is -2.48. The summed E-state index contributed by atoms with van der Waals surface area (Å²) in [6, 6.07) is 15.8. The first kappa shape index (κ1) is 17.5. The number of hydrogen-bond acceptors (Lipinski definition) is 4. The van der Waals surface area contributed by atoms with Crippen molar-refractivity contribution >= 4 is 22.6 Å². The van der Waals surface area contributed by atoms with E-state index in [9.17, 15) is 9.59 Å². The van der Waals surface area contributed by atoms with Gasteiger partial charge in [0.05, 0.1) is 17.6 Å². The molecule has 7 nitrogen and oxygen atoms in total. The Morgan fingerprint density at radius 3 is 2.41 bits per heavy atom. The Balaban J connectivity index is 1.27. The molecule has 0 aliphatic carbocycles. The van der Waals surface area contributed by atoms with Crippen LogP contribution in [0.2, 0.25) is 0 Å². The number of benzene rings is 2. The largest absolute Gasteiger partial charge is 0.325 e. The molecule has 2 heterocycles. The summed E-state index contributed by atoms with van der Waals surface area (Å²) in [6.07, 6.45) is 0. The van der Waals surface area contributed by atoms with Crippen LogP contribution in [-0.2, 0) is 11.3 Å². The predicted molar refractivity (Wildman–Crippen MR) is 106 cm³/mol. The number of aromatic nitrogens is 2. The average molecular weight is 365 g/mol. The van der Waals surface area contributed by atoms with Crippen molar-refractivity contribution in [2.45, 2.75) is 6.54 Å². The third-order valence-corrected chi connectivity index (χ3v) is 4.88. The van der Waals surface area contributed by atoms with Crippen LogP contribution in [-0.4, -0.2) is 58.4 Å². The number of carbonyl (C=O) groups is 1. The molecule has 4 rings (SSSR count). The number of imidazole rings is 1. The van der Waals surface area contributed by atoms with E-state index in [-0.39, 0.29) is 11.6 Å². The fourth-order valence-corrected chi connectivity index (χ4v) is 3.46. The Kier molecular flexibility index (Phi) is 5.04. The lowest BCUT2D eigenvalue weighted by atomic mass is 10.2. The SMILES string of the molecule is O=C(CN1CCN(Cc2ccccc2)CC1)Nc1ccc2[nH]c(=O)[nH]c2c1. The monoisotopic (exact) mass is 365 g/mol. The van der Waals surface area contributed by atoms with Crippen molar-refractivity contribution in [1.29, 1.82) is 0 Å². The second-order valence-electron chi connectivity index (χ2n) is 6.93. The van der Waals surface area contributed by atoms with E-state index >= 15 is 0 Å². The molecule has 1 aliphatic heterocycles. The minimum Gasteiger partial charge on any atom is -0.325 e. The first-order valence-electron chi connectivity index (χ1n) is 9.16. The summed E-state index contributed by atoms with van der Waals surface area (Å²) in [7, 11) is 0. The summed E-state index contributed by atoms with van der Waals surface area (Å²) in [4.78, 5) is 33.6. The first-order valence-corrected chi connectivity index (χ1v) is 9.16. The molecule has 7 heteroatoms. The zero-order valence-corrected chi connectivity index (χ0v) is 15.1. The molecule has 0 saturated carbocycles. The minimum absolute atomic E-state index is 0.0382. The van der Waals surface area contributed by atoms with E-state index in [1.54, 1.807) is 18.2 Å². The standard InChI is InChI=1S/C20H23N5O2/c26-19(21-16-6-7-17-18(12-16)23-20(27)22-17)14-25-10-8-24(9-11-25)13-15-4-2-1-3-5-15/h1-7,12H,8-11,13-14H2,(H,21,26)(H2,22,23,27).